The summed E-state index contributed by atoms with van der Waals surface area (Å²) < 4.78 is 1.97. The van der Waals surface area contributed by atoms with Gasteiger partial charge >= 0.3 is 0 Å². The van der Waals surface area contributed by atoms with E-state index in [2.05, 4.69) is 31.7 Å². The number of nitrogens with zero attached hydrogens (tertiary/aromatic N) is 2. The van der Waals surface area contributed by atoms with Crippen molar-refractivity contribution in [2.75, 3.05) is 11.9 Å². The maximum Gasteiger partial charge on any atom is 0.283 e. The molecular weight excluding hydrogens is 336 g/mol. The zero-order valence-electron chi connectivity index (χ0n) is 12.4. The maximum absolute atomic E-state index is 12.1. The second-order valence-electron chi connectivity index (χ2n) is 5.70. The molecule has 0 unspecified atom stereocenters. The van der Waals surface area contributed by atoms with Crippen LogP contribution in [0.5, 0.6) is 0 Å². The molecule has 6 nitrogen and oxygen atoms in total. The molecule has 7 heteroatoms. The van der Waals surface area contributed by atoms with Gasteiger partial charge in [-0.15, -0.1) is 0 Å². The highest BCUT2D eigenvalue weighted by molar-refractivity contribution is 9.10. The molecule has 2 rings (SSSR count). The van der Waals surface area contributed by atoms with Gasteiger partial charge in [-0.25, -0.2) is 4.68 Å². The van der Waals surface area contributed by atoms with Gasteiger partial charge in [-0.3, -0.25) is 9.59 Å². The van der Waals surface area contributed by atoms with Crippen molar-refractivity contribution < 1.29 is 4.79 Å². The van der Waals surface area contributed by atoms with E-state index in [-0.39, 0.29) is 17.5 Å². The topological polar surface area (TPSA) is 76.0 Å². The van der Waals surface area contributed by atoms with Gasteiger partial charge in [-0.1, -0.05) is 0 Å². The van der Waals surface area contributed by atoms with Crippen LogP contribution in [0, 0.1) is 5.92 Å². The SMILES string of the molecule is CC(C)NC(=O)CCNc1cnn(CC2CC2)c(=O)c1Br. The molecule has 0 aliphatic heterocycles. The highest BCUT2D eigenvalue weighted by atomic mass is 79.9. The summed E-state index contributed by atoms with van der Waals surface area (Å²) in [5.74, 6) is 0.587. The molecule has 0 radical (unpaired) electrons. The molecule has 1 amide bonds. The first-order chi connectivity index (χ1) is 9.97. The van der Waals surface area contributed by atoms with Gasteiger partial charge in [0.1, 0.15) is 4.47 Å². The summed E-state index contributed by atoms with van der Waals surface area (Å²) >= 11 is 3.31. The van der Waals surface area contributed by atoms with Crippen molar-refractivity contribution in [3.8, 4) is 0 Å². The quantitative estimate of drug-likeness (QED) is 0.780. The van der Waals surface area contributed by atoms with Crippen molar-refractivity contribution in [3.05, 3.63) is 21.0 Å². The average Bonchev–Trinajstić information content (AvgIpc) is 3.21. The predicted molar refractivity (Wildman–Crippen MR) is 85.3 cm³/mol. The third-order valence-corrected chi connectivity index (χ3v) is 4.00. The number of hydrogen-bond acceptors (Lipinski definition) is 4. The zero-order valence-corrected chi connectivity index (χ0v) is 13.9. The molecule has 1 saturated carbocycles. The fraction of sp³-hybridized carbons (Fsp3) is 0.643. The molecule has 0 saturated heterocycles. The smallest absolute Gasteiger partial charge is 0.283 e. The summed E-state index contributed by atoms with van der Waals surface area (Å²) in [6.07, 6.45) is 4.34. The first kappa shape index (κ1) is 16.0. The Balaban J connectivity index is 1.90. The van der Waals surface area contributed by atoms with Gasteiger partial charge in [0, 0.05) is 25.6 Å². The number of amides is 1. The van der Waals surface area contributed by atoms with Crippen LogP contribution in [0.4, 0.5) is 5.69 Å². The molecule has 1 aliphatic carbocycles. The van der Waals surface area contributed by atoms with Crippen LogP contribution < -0.4 is 16.2 Å². The second kappa shape index (κ2) is 7.06. The summed E-state index contributed by atoms with van der Waals surface area (Å²) in [6, 6.07) is 0.136. The Labute approximate surface area is 132 Å². The van der Waals surface area contributed by atoms with Crippen LogP contribution in [0.3, 0.4) is 0 Å². The van der Waals surface area contributed by atoms with Gasteiger partial charge in [0.25, 0.3) is 5.56 Å². The Kier molecular flexibility index (Phi) is 5.39. The van der Waals surface area contributed by atoms with Crippen molar-refractivity contribution in [1.82, 2.24) is 15.1 Å². The van der Waals surface area contributed by atoms with Gasteiger partial charge in [-0.2, -0.15) is 5.10 Å². The van der Waals surface area contributed by atoms with Crippen molar-refractivity contribution in [3.63, 3.8) is 0 Å². The maximum atomic E-state index is 12.1. The molecular formula is C14H21BrN4O2. The second-order valence-corrected chi connectivity index (χ2v) is 6.49. The zero-order chi connectivity index (χ0) is 15.4. The van der Waals surface area contributed by atoms with E-state index in [1.165, 1.54) is 17.5 Å². The number of carbonyl (C=O) groups is 1. The molecule has 1 aliphatic rings. The van der Waals surface area contributed by atoms with E-state index in [4.69, 9.17) is 0 Å². The van der Waals surface area contributed by atoms with E-state index >= 15 is 0 Å². The van der Waals surface area contributed by atoms with Gasteiger partial charge in [0.2, 0.25) is 5.91 Å². The first-order valence-corrected chi connectivity index (χ1v) is 8.05. The van der Waals surface area contributed by atoms with Gasteiger partial charge in [-0.05, 0) is 48.5 Å². The summed E-state index contributed by atoms with van der Waals surface area (Å²) in [4.78, 5) is 23.7. The molecule has 1 heterocycles. The van der Waals surface area contributed by atoms with Crippen molar-refractivity contribution >= 4 is 27.5 Å². The molecule has 0 bridgehead atoms. The standard InChI is InChI=1S/C14H21BrN4O2/c1-9(2)18-12(20)5-6-16-11-7-17-19(8-10-3-4-10)14(21)13(11)15/h7,9-10,16H,3-6,8H2,1-2H3,(H,18,20). The summed E-state index contributed by atoms with van der Waals surface area (Å²) in [7, 11) is 0. The number of nitrogens with one attached hydrogen (secondary N) is 2. The third-order valence-electron chi connectivity index (χ3n) is 3.23. The van der Waals surface area contributed by atoms with Crippen LogP contribution in [0.15, 0.2) is 15.5 Å². The molecule has 21 heavy (non-hydrogen) atoms. The largest absolute Gasteiger partial charge is 0.382 e. The molecule has 2 N–H and O–H groups in total. The number of aromatic nitrogens is 2. The van der Waals surface area contributed by atoms with Gasteiger partial charge < -0.3 is 10.6 Å². The molecule has 0 spiro atoms. The van der Waals surface area contributed by atoms with E-state index in [0.717, 1.165) is 0 Å². The number of anilines is 1. The highest BCUT2D eigenvalue weighted by Gasteiger charge is 2.23. The summed E-state index contributed by atoms with van der Waals surface area (Å²) in [5.41, 5.74) is 0.503. The van der Waals surface area contributed by atoms with Crippen molar-refractivity contribution in [1.29, 1.82) is 0 Å². The summed E-state index contributed by atoms with van der Waals surface area (Å²) in [5, 5.41) is 10.1. The molecule has 1 aromatic heterocycles. The lowest BCUT2D eigenvalue weighted by molar-refractivity contribution is -0.121. The van der Waals surface area contributed by atoms with Crippen molar-refractivity contribution in [2.24, 2.45) is 5.92 Å². The third kappa shape index (κ3) is 4.84. The fourth-order valence-corrected chi connectivity index (χ4v) is 2.42. The highest BCUT2D eigenvalue weighted by Crippen LogP contribution is 2.30. The molecule has 0 atom stereocenters. The Bertz CT molecular complexity index is 567. The fourth-order valence-electron chi connectivity index (χ4n) is 1.97. The minimum Gasteiger partial charge on any atom is -0.382 e. The number of rotatable bonds is 7. The van der Waals surface area contributed by atoms with Gasteiger partial charge in [0.05, 0.1) is 11.9 Å². The van der Waals surface area contributed by atoms with Crippen LogP contribution in [0.25, 0.3) is 0 Å². The van der Waals surface area contributed by atoms with Gasteiger partial charge in [0.15, 0.2) is 0 Å². The first-order valence-electron chi connectivity index (χ1n) is 7.26. The minimum atomic E-state index is -0.126. The van der Waals surface area contributed by atoms with Crippen LogP contribution >= 0.6 is 15.9 Å². The van der Waals surface area contributed by atoms with E-state index in [9.17, 15) is 9.59 Å². The summed E-state index contributed by atoms with van der Waals surface area (Å²) in [6.45, 7) is 5.00. The normalized spacial score (nSPS) is 14.3. The number of carbonyl (C=O) groups excluding carboxylic acids is 1. The van der Waals surface area contributed by atoms with Crippen molar-refractivity contribution in [2.45, 2.75) is 45.7 Å². The lowest BCUT2D eigenvalue weighted by Gasteiger charge is -2.11. The lowest BCUT2D eigenvalue weighted by Crippen LogP contribution is -2.31. The minimum absolute atomic E-state index is 0.0105. The number of hydrogen-bond donors (Lipinski definition) is 2. The van der Waals surface area contributed by atoms with Crippen LogP contribution in [0.2, 0.25) is 0 Å². The van der Waals surface area contributed by atoms with Crippen LogP contribution in [-0.4, -0.2) is 28.3 Å². The van der Waals surface area contributed by atoms with E-state index < -0.39 is 0 Å². The monoisotopic (exact) mass is 356 g/mol. The lowest BCUT2D eigenvalue weighted by atomic mass is 10.3. The predicted octanol–water partition coefficient (Wildman–Crippen LogP) is 1.74. The molecule has 1 fully saturated rings. The Morgan fingerprint density at radius 1 is 1.52 bits per heavy atom. The van der Waals surface area contributed by atoms with E-state index in [1.54, 1.807) is 6.20 Å². The van der Waals surface area contributed by atoms with Crippen LogP contribution in [-0.2, 0) is 11.3 Å². The molecule has 1 aromatic rings. The average molecular weight is 357 g/mol. The van der Waals surface area contributed by atoms with E-state index in [0.29, 0.717) is 35.6 Å². The number of halogens is 1. The molecule has 0 aromatic carbocycles. The Morgan fingerprint density at radius 3 is 2.86 bits per heavy atom. The Hall–Kier alpha value is -1.37. The Morgan fingerprint density at radius 2 is 2.24 bits per heavy atom. The van der Waals surface area contributed by atoms with Crippen LogP contribution in [0.1, 0.15) is 33.1 Å². The van der Waals surface area contributed by atoms with E-state index in [1.807, 2.05) is 13.8 Å². The molecule has 116 valence electrons.